The molecule has 0 aliphatic heterocycles. The Balaban J connectivity index is 2.41. The first kappa shape index (κ1) is 15.2. The maximum absolute atomic E-state index is 11.5. The third kappa shape index (κ3) is 5.52. The molecule has 0 aliphatic carbocycles. The summed E-state index contributed by atoms with van der Waals surface area (Å²) < 4.78 is 4.89. The molecule has 0 unspecified atom stereocenters. The highest BCUT2D eigenvalue weighted by atomic mass is 16.5. The lowest BCUT2D eigenvalue weighted by Gasteiger charge is -2.09. The Morgan fingerprint density at radius 3 is 2.47 bits per heavy atom. The number of carboxylic acids is 1. The van der Waals surface area contributed by atoms with Crippen LogP contribution in [-0.2, 0) is 20.7 Å². The lowest BCUT2D eigenvalue weighted by molar-refractivity contribution is -0.150. The first-order chi connectivity index (χ1) is 9.02. The number of aryl methyl sites for hydroxylation is 1. The van der Waals surface area contributed by atoms with Gasteiger partial charge >= 0.3 is 5.97 Å². The maximum Gasteiger partial charge on any atom is 0.332 e. The molecule has 2 N–H and O–H groups in total. The van der Waals surface area contributed by atoms with E-state index in [1.54, 1.807) is 0 Å². The molecule has 19 heavy (non-hydrogen) atoms. The molecule has 0 heterocycles. The highest BCUT2D eigenvalue weighted by molar-refractivity contribution is 5.91. The van der Waals surface area contributed by atoms with E-state index in [-0.39, 0.29) is 12.5 Å². The van der Waals surface area contributed by atoms with Crippen molar-refractivity contribution in [3.05, 3.63) is 29.8 Å². The van der Waals surface area contributed by atoms with Crippen molar-refractivity contribution < 1.29 is 19.4 Å². The van der Waals surface area contributed by atoms with E-state index < -0.39 is 12.1 Å². The van der Waals surface area contributed by atoms with Crippen molar-refractivity contribution in [3.8, 4) is 0 Å². The van der Waals surface area contributed by atoms with Gasteiger partial charge in [0.2, 0.25) is 5.91 Å². The zero-order chi connectivity index (χ0) is 14.3. The summed E-state index contributed by atoms with van der Waals surface area (Å²) in [5.74, 6) is -1.45. The molecule has 0 spiro atoms. The van der Waals surface area contributed by atoms with Crippen LogP contribution in [0, 0.1) is 0 Å². The monoisotopic (exact) mass is 265 g/mol. The minimum atomic E-state index is -1.09. The molecule has 0 radical (unpaired) electrons. The highest BCUT2D eigenvalue weighted by Gasteiger charge is 2.13. The van der Waals surface area contributed by atoms with Crippen molar-refractivity contribution >= 4 is 17.6 Å². The van der Waals surface area contributed by atoms with Gasteiger partial charge in [-0.3, -0.25) is 4.79 Å². The summed E-state index contributed by atoms with van der Waals surface area (Å²) in [5.41, 5.74) is 1.90. The van der Waals surface area contributed by atoms with Crippen molar-refractivity contribution in [1.29, 1.82) is 0 Å². The van der Waals surface area contributed by atoms with Crippen LogP contribution < -0.4 is 5.32 Å². The summed E-state index contributed by atoms with van der Waals surface area (Å²) in [7, 11) is 0. The number of benzene rings is 1. The molecule has 1 amide bonds. The largest absolute Gasteiger partial charge is 0.479 e. The lowest BCUT2D eigenvalue weighted by Crippen LogP contribution is -2.26. The maximum atomic E-state index is 11.5. The van der Waals surface area contributed by atoms with Gasteiger partial charge in [0.25, 0.3) is 0 Å². The van der Waals surface area contributed by atoms with E-state index >= 15 is 0 Å². The zero-order valence-electron chi connectivity index (χ0n) is 11.2. The molecule has 1 aromatic carbocycles. The fourth-order valence-corrected chi connectivity index (χ4v) is 1.51. The molecule has 104 valence electrons. The van der Waals surface area contributed by atoms with Crippen LogP contribution >= 0.6 is 0 Å². The molecule has 5 heteroatoms. The number of carboxylic acid groups (broad SMARTS) is 1. The number of hydrogen-bond acceptors (Lipinski definition) is 3. The van der Waals surface area contributed by atoms with Crippen molar-refractivity contribution in [2.45, 2.75) is 32.8 Å². The van der Waals surface area contributed by atoms with E-state index in [9.17, 15) is 9.59 Å². The van der Waals surface area contributed by atoms with Crippen LogP contribution in [0.4, 0.5) is 5.69 Å². The Morgan fingerprint density at radius 2 is 1.95 bits per heavy atom. The molecule has 0 saturated carbocycles. The predicted molar refractivity (Wildman–Crippen MR) is 72.1 cm³/mol. The Labute approximate surface area is 112 Å². The minimum Gasteiger partial charge on any atom is -0.479 e. The molecule has 1 rings (SSSR count). The zero-order valence-corrected chi connectivity index (χ0v) is 11.2. The van der Waals surface area contributed by atoms with Gasteiger partial charge in [0.15, 0.2) is 6.10 Å². The van der Waals surface area contributed by atoms with Crippen LogP contribution in [0.3, 0.4) is 0 Å². The van der Waals surface area contributed by atoms with Gasteiger partial charge in [-0.1, -0.05) is 25.5 Å². The quantitative estimate of drug-likeness (QED) is 0.791. The van der Waals surface area contributed by atoms with Gasteiger partial charge in [0.1, 0.15) is 6.61 Å². The average Bonchev–Trinajstić information content (AvgIpc) is 2.38. The van der Waals surface area contributed by atoms with E-state index in [1.807, 2.05) is 24.3 Å². The number of carbonyl (C=O) groups excluding carboxylic acids is 1. The fraction of sp³-hybridized carbons (Fsp3) is 0.429. The number of aliphatic carboxylic acids is 1. The van der Waals surface area contributed by atoms with Gasteiger partial charge in [-0.05, 0) is 31.0 Å². The second kappa shape index (κ2) is 7.53. The Morgan fingerprint density at radius 1 is 1.32 bits per heavy atom. The Bertz CT molecular complexity index is 428. The smallest absolute Gasteiger partial charge is 0.332 e. The summed E-state index contributed by atoms with van der Waals surface area (Å²) in [6, 6.07) is 7.56. The van der Waals surface area contributed by atoms with Gasteiger partial charge < -0.3 is 15.2 Å². The molecular formula is C14H19NO4. The van der Waals surface area contributed by atoms with Gasteiger partial charge in [-0.15, -0.1) is 0 Å². The van der Waals surface area contributed by atoms with Crippen molar-refractivity contribution in [2.75, 3.05) is 11.9 Å². The highest BCUT2D eigenvalue weighted by Crippen LogP contribution is 2.11. The van der Waals surface area contributed by atoms with Crippen LogP contribution in [0.15, 0.2) is 24.3 Å². The molecule has 0 aromatic heterocycles. The third-order valence-corrected chi connectivity index (χ3v) is 2.59. The molecule has 1 atom stereocenters. The molecule has 5 nitrogen and oxygen atoms in total. The number of ether oxygens (including phenoxy) is 1. The van der Waals surface area contributed by atoms with Crippen molar-refractivity contribution in [2.24, 2.45) is 0 Å². The van der Waals surface area contributed by atoms with Crippen molar-refractivity contribution in [3.63, 3.8) is 0 Å². The SMILES string of the molecule is CCCc1ccc(NC(=O)CO[C@@H](C)C(=O)O)cc1. The molecule has 0 bridgehead atoms. The first-order valence-electron chi connectivity index (χ1n) is 6.26. The number of amides is 1. The van der Waals surface area contributed by atoms with E-state index in [2.05, 4.69) is 12.2 Å². The van der Waals surface area contributed by atoms with E-state index in [4.69, 9.17) is 9.84 Å². The van der Waals surface area contributed by atoms with Crippen LogP contribution in [0.25, 0.3) is 0 Å². The molecule has 1 aromatic rings. The second-order valence-electron chi connectivity index (χ2n) is 4.29. The second-order valence-corrected chi connectivity index (χ2v) is 4.29. The van der Waals surface area contributed by atoms with Crippen LogP contribution in [0.1, 0.15) is 25.8 Å². The molecule has 0 saturated heterocycles. The normalized spacial score (nSPS) is 11.9. The Hall–Kier alpha value is -1.88. The Kier molecular flexibility index (Phi) is 6.02. The van der Waals surface area contributed by atoms with E-state index in [0.717, 1.165) is 12.8 Å². The van der Waals surface area contributed by atoms with Crippen molar-refractivity contribution in [1.82, 2.24) is 0 Å². The van der Waals surface area contributed by atoms with E-state index in [1.165, 1.54) is 12.5 Å². The van der Waals surface area contributed by atoms with Gasteiger partial charge in [-0.2, -0.15) is 0 Å². The van der Waals surface area contributed by atoms with E-state index in [0.29, 0.717) is 5.69 Å². The van der Waals surface area contributed by atoms with Gasteiger partial charge in [0, 0.05) is 5.69 Å². The van der Waals surface area contributed by atoms with Gasteiger partial charge in [0.05, 0.1) is 0 Å². The van der Waals surface area contributed by atoms with Gasteiger partial charge in [-0.25, -0.2) is 4.79 Å². The molecule has 0 fully saturated rings. The number of hydrogen-bond donors (Lipinski definition) is 2. The minimum absolute atomic E-state index is 0.274. The lowest BCUT2D eigenvalue weighted by atomic mass is 10.1. The standard InChI is InChI=1S/C14H19NO4/c1-3-4-11-5-7-12(8-6-11)15-13(16)9-19-10(2)14(17)18/h5-8,10H,3-4,9H2,1-2H3,(H,15,16)(H,17,18)/t10-/m0/s1. The summed E-state index contributed by atoms with van der Waals surface area (Å²) >= 11 is 0. The number of anilines is 1. The first-order valence-corrected chi connectivity index (χ1v) is 6.26. The number of carbonyl (C=O) groups is 2. The topological polar surface area (TPSA) is 75.6 Å². The van der Waals surface area contributed by atoms with Crippen LogP contribution in [0.2, 0.25) is 0 Å². The predicted octanol–water partition coefficient (Wildman–Crippen LogP) is 2.07. The summed E-state index contributed by atoms with van der Waals surface area (Å²) in [6.45, 7) is 3.22. The van der Waals surface area contributed by atoms with Crippen LogP contribution in [-0.4, -0.2) is 29.7 Å². The fourth-order valence-electron chi connectivity index (χ4n) is 1.51. The summed E-state index contributed by atoms with van der Waals surface area (Å²) in [4.78, 5) is 22.0. The average molecular weight is 265 g/mol. The summed E-state index contributed by atoms with van der Waals surface area (Å²) in [5, 5.41) is 11.3. The molecular weight excluding hydrogens is 246 g/mol. The number of nitrogens with one attached hydrogen (secondary N) is 1. The molecule has 0 aliphatic rings. The third-order valence-electron chi connectivity index (χ3n) is 2.59. The summed E-state index contributed by atoms with van der Waals surface area (Å²) in [6.07, 6.45) is 1.10. The van der Waals surface area contributed by atoms with Crippen LogP contribution in [0.5, 0.6) is 0 Å². The number of rotatable bonds is 7.